The van der Waals surface area contributed by atoms with Crippen LogP contribution >= 0.6 is 0 Å². The summed E-state index contributed by atoms with van der Waals surface area (Å²) in [6.45, 7) is 3.49. The lowest BCUT2D eigenvalue weighted by molar-refractivity contribution is -0.384. The summed E-state index contributed by atoms with van der Waals surface area (Å²) < 4.78 is 5.80. The van der Waals surface area contributed by atoms with Crippen LogP contribution in [-0.2, 0) is 4.74 Å². The van der Waals surface area contributed by atoms with Crippen molar-refractivity contribution in [3.05, 3.63) is 46.1 Å². The van der Waals surface area contributed by atoms with Crippen LogP contribution in [-0.4, -0.2) is 41.2 Å². The number of aryl methyl sites for hydroxylation is 1. The number of likely N-dealkylation sites (N-methyl/N-ethyl adjacent to an activating group) is 1. The standard InChI is InChI=1S/C18H22N4O3/c1-13-10-17(21(2)12-16-8-3-4-9-25-16)20-18(19-13)14-6-5-7-15(11-14)22(23)24/h5-7,10-11,16H,3-4,8-9,12H2,1-2H3. The summed E-state index contributed by atoms with van der Waals surface area (Å²) in [4.78, 5) is 21.7. The monoisotopic (exact) mass is 342 g/mol. The Morgan fingerprint density at radius 3 is 2.88 bits per heavy atom. The summed E-state index contributed by atoms with van der Waals surface area (Å²) in [6, 6.07) is 8.33. The van der Waals surface area contributed by atoms with Crippen LogP contribution in [0.25, 0.3) is 11.4 Å². The molecule has 0 saturated carbocycles. The lowest BCUT2D eigenvalue weighted by Crippen LogP contribution is -2.33. The van der Waals surface area contributed by atoms with Gasteiger partial charge in [-0.05, 0) is 26.2 Å². The highest BCUT2D eigenvalue weighted by atomic mass is 16.6. The fraction of sp³-hybridized carbons (Fsp3) is 0.444. The molecule has 1 fully saturated rings. The molecule has 1 aromatic heterocycles. The number of ether oxygens (including phenoxy) is 1. The number of aromatic nitrogens is 2. The van der Waals surface area contributed by atoms with Crippen LogP contribution in [0.3, 0.4) is 0 Å². The van der Waals surface area contributed by atoms with E-state index in [0.29, 0.717) is 11.4 Å². The van der Waals surface area contributed by atoms with Gasteiger partial charge in [0.25, 0.3) is 5.69 Å². The largest absolute Gasteiger partial charge is 0.376 e. The minimum Gasteiger partial charge on any atom is -0.376 e. The first-order chi connectivity index (χ1) is 12.0. The van der Waals surface area contributed by atoms with Crippen molar-refractivity contribution >= 4 is 11.5 Å². The predicted molar refractivity (Wildman–Crippen MR) is 95.7 cm³/mol. The van der Waals surface area contributed by atoms with Crippen molar-refractivity contribution in [1.82, 2.24) is 9.97 Å². The number of rotatable bonds is 5. The highest BCUT2D eigenvalue weighted by molar-refractivity contribution is 5.61. The van der Waals surface area contributed by atoms with Crippen LogP contribution in [0.5, 0.6) is 0 Å². The summed E-state index contributed by atoms with van der Waals surface area (Å²) in [5.74, 6) is 1.29. The molecular weight excluding hydrogens is 320 g/mol. The summed E-state index contributed by atoms with van der Waals surface area (Å²) >= 11 is 0. The van der Waals surface area contributed by atoms with Crippen molar-refractivity contribution in [2.45, 2.75) is 32.3 Å². The molecule has 1 saturated heterocycles. The van der Waals surface area contributed by atoms with Gasteiger partial charge in [-0.1, -0.05) is 12.1 Å². The summed E-state index contributed by atoms with van der Waals surface area (Å²) in [7, 11) is 1.98. The zero-order valence-electron chi connectivity index (χ0n) is 14.5. The first-order valence-electron chi connectivity index (χ1n) is 8.46. The van der Waals surface area contributed by atoms with E-state index in [4.69, 9.17) is 4.74 Å². The number of hydrogen-bond acceptors (Lipinski definition) is 6. The maximum atomic E-state index is 11.0. The Bertz CT molecular complexity index is 760. The van der Waals surface area contributed by atoms with Gasteiger partial charge < -0.3 is 9.64 Å². The van der Waals surface area contributed by atoms with E-state index in [9.17, 15) is 10.1 Å². The van der Waals surface area contributed by atoms with E-state index >= 15 is 0 Å². The zero-order valence-corrected chi connectivity index (χ0v) is 14.5. The molecule has 1 unspecified atom stereocenters. The lowest BCUT2D eigenvalue weighted by atomic mass is 10.1. The number of benzene rings is 1. The second-order valence-corrected chi connectivity index (χ2v) is 6.37. The van der Waals surface area contributed by atoms with Crippen molar-refractivity contribution in [2.75, 3.05) is 25.1 Å². The smallest absolute Gasteiger partial charge is 0.270 e. The van der Waals surface area contributed by atoms with Gasteiger partial charge in [0.05, 0.1) is 11.0 Å². The lowest BCUT2D eigenvalue weighted by Gasteiger charge is -2.28. The van der Waals surface area contributed by atoms with Crippen molar-refractivity contribution in [1.29, 1.82) is 0 Å². The third-order valence-corrected chi connectivity index (χ3v) is 4.30. The highest BCUT2D eigenvalue weighted by Crippen LogP contribution is 2.24. The number of nitrogens with zero attached hydrogens (tertiary/aromatic N) is 4. The molecule has 0 radical (unpaired) electrons. The highest BCUT2D eigenvalue weighted by Gasteiger charge is 2.18. The number of nitro groups is 1. The first-order valence-corrected chi connectivity index (χ1v) is 8.46. The summed E-state index contributed by atoms with van der Waals surface area (Å²) in [5.41, 5.74) is 1.50. The molecule has 0 aliphatic carbocycles. The van der Waals surface area contributed by atoms with Crippen molar-refractivity contribution < 1.29 is 9.66 Å². The minimum atomic E-state index is -0.410. The second kappa shape index (κ2) is 7.57. The molecule has 1 aromatic carbocycles. The van der Waals surface area contributed by atoms with E-state index < -0.39 is 4.92 Å². The molecule has 132 valence electrons. The molecule has 1 aliphatic heterocycles. The SMILES string of the molecule is Cc1cc(N(C)CC2CCCCO2)nc(-c2cccc([N+](=O)[O-])c2)n1. The van der Waals surface area contributed by atoms with Gasteiger partial charge in [0.15, 0.2) is 5.82 Å². The second-order valence-electron chi connectivity index (χ2n) is 6.37. The molecule has 0 amide bonds. The maximum Gasteiger partial charge on any atom is 0.270 e. The van der Waals surface area contributed by atoms with Crippen molar-refractivity contribution in [2.24, 2.45) is 0 Å². The Labute approximate surface area is 146 Å². The zero-order chi connectivity index (χ0) is 17.8. The van der Waals surface area contributed by atoms with Gasteiger partial charge in [0.2, 0.25) is 0 Å². The molecule has 1 atom stereocenters. The molecule has 2 aromatic rings. The van der Waals surface area contributed by atoms with E-state index in [2.05, 4.69) is 14.9 Å². The van der Waals surface area contributed by atoms with Gasteiger partial charge >= 0.3 is 0 Å². The fourth-order valence-corrected chi connectivity index (χ4v) is 2.99. The van der Waals surface area contributed by atoms with Gasteiger partial charge in [0.1, 0.15) is 5.82 Å². The molecule has 0 N–H and O–H groups in total. The van der Waals surface area contributed by atoms with Crippen LogP contribution in [0.2, 0.25) is 0 Å². The summed E-state index contributed by atoms with van der Waals surface area (Å²) in [6.07, 6.45) is 3.60. The Morgan fingerprint density at radius 1 is 1.32 bits per heavy atom. The van der Waals surface area contributed by atoms with Crippen LogP contribution < -0.4 is 4.90 Å². The van der Waals surface area contributed by atoms with Gasteiger partial charge in [-0.3, -0.25) is 10.1 Å². The maximum absolute atomic E-state index is 11.0. The van der Waals surface area contributed by atoms with Gasteiger partial charge in [-0.25, -0.2) is 9.97 Å². The topological polar surface area (TPSA) is 81.4 Å². The average molecular weight is 342 g/mol. The predicted octanol–water partition coefficient (Wildman–Crippen LogP) is 3.37. The van der Waals surface area contributed by atoms with E-state index in [0.717, 1.165) is 37.5 Å². The molecular formula is C18H22N4O3. The Morgan fingerprint density at radius 2 is 2.16 bits per heavy atom. The van der Waals surface area contributed by atoms with Gasteiger partial charge in [-0.15, -0.1) is 0 Å². The molecule has 0 spiro atoms. The fourth-order valence-electron chi connectivity index (χ4n) is 2.99. The molecule has 7 heteroatoms. The number of non-ortho nitro benzene ring substituents is 1. The van der Waals surface area contributed by atoms with Gasteiger partial charge in [-0.2, -0.15) is 0 Å². The molecule has 2 heterocycles. The molecule has 25 heavy (non-hydrogen) atoms. The minimum absolute atomic E-state index is 0.0353. The first kappa shape index (κ1) is 17.3. The molecule has 0 bridgehead atoms. The quantitative estimate of drug-likeness (QED) is 0.612. The van der Waals surface area contributed by atoms with E-state index in [1.807, 2.05) is 20.0 Å². The van der Waals surface area contributed by atoms with Crippen molar-refractivity contribution in [3.63, 3.8) is 0 Å². The van der Waals surface area contributed by atoms with Gasteiger partial charge in [0, 0.05) is 49.7 Å². The summed E-state index contributed by atoms with van der Waals surface area (Å²) in [5, 5.41) is 11.0. The van der Waals surface area contributed by atoms with Crippen LogP contribution in [0.1, 0.15) is 25.0 Å². The molecule has 7 nitrogen and oxygen atoms in total. The molecule has 3 rings (SSSR count). The van der Waals surface area contributed by atoms with Crippen molar-refractivity contribution in [3.8, 4) is 11.4 Å². The van der Waals surface area contributed by atoms with Crippen LogP contribution in [0, 0.1) is 17.0 Å². The number of hydrogen-bond donors (Lipinski definition) is 0. The van der Waals surface area contributed by atoms with Crippen LogP contribution in [0.15, 0.2) is 30.3 Å². The average Bonchev–Trinajstić information content (AvgIpc) is 2.62. The third kappa shape index (κ3) is 4.30. The molecule has 1 aliphatic rings. The van der Waals surface area contributed by atoms with Crippen LogP contribution in [0.4, 0.5) is 11.5 Å². The Hall–Kier alpha value is -2.54. The number of anilines is 1. The number of nitro benzene ring substituents is 1. The van der Waals surface area contributed by atoms with E-state index in [-0.39, 0.29) is 11.8 Å². The van der Waals surface area contributed by atoms with E-state index in [1.165, 1.54) is 18.6 Å². The Balaban J connectivity index is 1.84. The van der Waals surface area contributed by atoms with E-state index in [1.54, 1.807) is 12.1 Å². The Kier molecular flexibility index (Phi) is 5.23. The normalized spacial score (nSPS) is 17.3. The third-order valence-electron chi connectivity index (χ3n) is 4.30.